The molecule has 17 heteroatoms. The molecule has 8 rings (SSSR count). The molecule has 2 saturated heterocycles. The van der Waals surface area contributed by atoms with E-state index in [0.717, 1.165) is 74.6 Å². The van der Waals surface area contributed by atoms with Crippen molar-refractivity contribution in [2.45, 2.75) is 119 Å². The van der Waals surface area contributed by atoms with E-state index in [2.05, 4.69) is 16.3 Å². The van der Waals surface area contributed by atoms with Crippen LogP contribution in [0.25, 0.3) is 17.0 Å². The van der Waals surface area contributed by atoms with Crippen molar-refractivity contribution in [1.29, 1.82) is 0 Å². The van der Waals surface area contributed by atoms with E-state index in [-0.39, 0.29) is 42.7 Å². The normalized spacial score (nSPS) is 28.7. The minimum Gasteiger partial charge on any atom is -0.492 e. The molecule has 0 unspecified atom stereocenters. The number of morpholine rings is 1. The van der Waals surface area contributed by atoms with Crippen molar-refractivity contribution in [2.75, 3.05) is 53.0 Å². The minimum atomic E-state index is -3.66. The van der Waals surface area contributed by atoms with Gasteiger partial charge in [0.1, 0.15) is 30.0 Å². The van der Waals surface area contributed by atoms with Gasteiger partial charge in [-0.25, -0.2) is 22.5 Å². The van der Waals surface area contributed by atoms with Crippen molar-refractivity contribution in [3.63, 3.8) is 0 Å². The molecular weight excluding hydrogens is 841 g/mol. The second-order valence-electron chi connectivity index (χ2n) is 18.7. The van der Waals surface area contributed by atoms with Gasteiger partial charge in [0, 0.05) is 44.4 Å². The number of hydrogen-bond donors (Lipinski definition) is 2. The molecule has 3 N–H and O–H groups in total. The number of unbranched alkanes of at least 4 members (excludes halogenated alkanes) is 2. The first-order valence-electron chi connectivity index (χ1n) is 23.3. The molecule has 1 aromatic heterocycles. The highest BCUT2D eigenvalue weighted by molar-refractivity contribution is 7.91. The van der Waals surface area contributed by atoms with Crippen molar-refractivity contribution in [3.05, 3.63) is 48.1 Å². The molecule has 1 aromatic carbocycles. The van der Waals surface area contributed by atoms with Crippen LogP contribution in [0, 0.1) is 17.8 Å². The van der Waals surface area contributed by atoms with Gasteiger partial charge in [-0.2, -0.15) is 0 Å². The van der Waals surface area contributed by atoms with Gasteiger partial charge in [-0.05, 0) is 108 Å². The maximum atomic E-state index is 14.4. The summed E-state index contributed by atoms with van der Waals surface area (Å²) in [6.45, 7) is 6.39. The Bertz CT molecular complexity index is 2220. The zero-order valence-corrected chi connectivity index (χ0v) is 38.0. The number of para-hydroxylation sites is 1. The zero-order valence-electron chi connectivity index (χ0n) is 37.2. The Hall–Kier alpha value is -4.74. The largest absolute Gasteiger partial charge is 0.492 e. The van der Waals surface area contributed by atoms with Gasteiger partial charge in [0.2, 0.25) is 33.6 Å². The monoisotopic (exact) mass is 904 g/mol. The molecule has 4 amide bonds. The predicted molar refractivity (Wildman–Crippen MR) is 240 cm³/mol. The number of benzene rings is 1. The molecular formula is C47H64N6O10S. The second kappa shape index (κ2) is 19.8. The second-order valence-corrected chi connectivity index (χ2v) is 21.1. The molecule has 3 aliphatic heterocycles. The highest BCUT2D eigenvalue weighted by Gasteiger charge is 2.55. The average Bonchev–Trinajstić information content (AvgIpc) is 4.24. The molecule has 6 aliphatic rings. The Morgan fingerprint density at radius 3 is 2.66 bits per heavy atom. The number of allylic oxidation sites excluding steroid dienone is 3. The SMILES string of the molecule is CN(C(=O)[C@H]1C[C@H]1/C=C\CCCC[C@@H]1NC(=O)O[C@@H]2C[C@H]2CCC/C=C/c2c(nc3ccccc3c2OCCCN2CCOCC2)O[C@@H]2C[C@@H](C(N)=O)N(C2)C1=O)S(=O)(=O)C1(C)CC1. The molecule has 64 heavy (non-hydrogen) atoms. The summed E-state index contributed by atoms with van der Waals surface area (Å²) in [7, 11) is -2.30. The minimum absolute atomic E-state index is 0.0131. The summed E-state index contributed by atoms with van der Waals surface area (Å²) in [4.78, 5) is 62.4. The van der Waals surface area contributed by atoms with Crippen molar-refractivity contribution in [1.82, 2.24) is 24.4 Å². The summed E-state index contributed by atoms with van der Waals surface area (Å²) in [6.07, 6.45) is 14.8. The number of ether oxygens (including phenoxy) is 4. The number of nitrogens with zero attached hydrogens (tertiary/aromatic N) is 4. The number of amides is 4. The topological polar surface area (TPSA) is 200 Å². The number of carbonyl (C=O) groups is 4. The molecule has 0 radical (unpaired) electrons. The molecule has 5 fully saturated rings. The summed E-state index contributed by atoms with van der Waals surface area (Å²) < 4.78 is 50.4. The summed E-state index contributed by atoms with van der Waals surface area (Å²) in [5, 5.41) is 3.69. The van der Waals surface area contributed by atoms with Gasteiger partial charge in [0.05, 0.1) is 42.2 Å². The van der Waals surface area contributed by atoms with Crippen LogP contribution < -0.4 is 20.5 Å². The Morgan fingerprint density at radius 1 is 1.08 bits per heavy atom. The maximum Gasteiger partial charge on any atom is 0.408 e. The van der Waals surface area contributed by atoms with Gasteiger partial charge in [-0.15, -0.1) is 0 Å². The van der Waals surface area contributed by atoms with Crippen LogP contribution in [0.1, 0.15) is 96.0 Å². The number of hydrogen-bond acceptors (Lipinski definition) is 12. The van der Waals surface area contributed by atoms with E-state index >= 15 is 0 Å². The van der Waals surface area contributed by atoms with Crippen molar-refractivity contribution >= 4 is 50.8 Å². The number of primary amides is 1. The van der Waals surface area contributed by atoms with Crippen LogP contribution in [-0.4, -0.2) is 133 Å². The Labute approximate surface area is 376 Å². The summed E-state index contributed by atoms with van der Waals surface area (Å²) >= 11 is 0. The van der Waals surface area contributed by atoms with Crippen LogP contribution in [0.3, 0.4) is 0 Å². The summed E-state index contributed by atoms with van der Waals surface area (Å²) in [6, 6.07) is 5.84. The van der Waals surface area contributed by atoms with Crippen molar-refractivity contribution in [3.8, 4) is 11.6 Å². The van der Waals surface area contributed by atoms with Gasteiger partial charge >= 0.3 is 6.09 Å². The van der Waals surface area contributed by atoms with Crippen LogP contribution >= 0.6 is 0 Å². The lowest BCUT2D eigenvalue weighted by atomic mass is 10.1. The molecule has 4 heterocycles. The first-order valence-corrected chi connectivity index (χ1v) is 24.7. The Balaban J connectivity index is 0.946. The third-order valence-corrected chi connectivity index (χ3v) is 16.4. The molecule has 16 nitrogen and oxygen atoms in total. The third-order valence-electron chi connectivity index (χ3n) is 13.8. The highest BCUT2D eigenvalue weighted by Crippen LogP contribution is 2.47. The first kappa shape index (κ1) is 45.8. The van der Waals surface area contributed by atoms with E-state index < -0.39 is 50.9 Å². The quantitative estimate of drug-likeness (QED) is 0.181. The van der Waals surface area contributed by atoms with Crippen LogP contribution in [0.5, 0.6) is 11.6 Å². The number of nitrogens with two attached hydrogens (primary N) is 1. The molecule has 3 aliphatic carbocycles. The van der Waals surface area contributed by atoms with E-state index in [1.165, 1.54) is 11.9 Å². The number of sulfonamides is 1. The van der Waals surface area contributed by atoms with Crippen LogP contribution in [-0.2, 0) is 33.9 Å². The Kier molecular flexibility index (Phi) is 14.2. The zero-order chi connectivity index (χ0) is 45.0. The molecule has 3 saturated carbocycles. The lowest BCUT2D eigenvalue weighted by Gasteiger charge is -2.27. The molecule has 348 valence electrons. The summed E-state index contributed by atoms with van der Waals surface area (Å²) in [5.41, 5.74) is 7.34. The molecule has 2 aromatic rings. The number of fused-ring (bicyclic) bond motifs is 5. The van der Waals surface area contributed by atoms with E-state index in [0.29, 0.717) is 74.3 Å². The standard InChI is InChI=1S/C47H64N6O10S/c1-47(19-20-47)64(58,59)51(2)44(55)36-27-31(36)13-6-3-4-9-18-38-45(56)53-30-33(29-39(53)42(48)54)62-43-35(16-8-5-7-14-32-28-40(32)63-46(57)50-38)41(34-15-10-11-17-37(34)49-43)61-24-12-21-52-22-25-60-26-23-52/h6,8,10-11,13,15-17,31-33,36,38-40H,3-5,7,9,12,14,18-30H2,1-2H3,(H2,48,54)(H,50,57)/b13-6-,16-8+/t31-,32-,33-,36+,38+,39+,40-/m1/s1. The number of aromatic nitrogens is 1. The maximum absolute atomic E-state index is 14.4. The number of alkyl carbamates (subject to hydrolysis) is 1. The van der Waals surface area contributed by atoms with Gasteiger partial charge in [-0.1, -0.05) is 36.8 Å². The lowest BCUT2D eigenvalue weighted by Crippen LogP contribution is -2.53. The van der Waals surface area contributed by atoms with E-state index in [9.17, 15) is 27.6 Å². The van der Waals surface area contributed by atoms with Gasteiger partial charge in [0.15, 0.2) is 0 Å². The smallest absolute Gasteiger partial charge is 0.408 e. The van der Waals surface area contributed by atoms with E-state index in [4.69, 9.17) is 29.7 Å². The molecule has 2 bridgehead atoms. The van der Waals surface area contributed by atoms with Gasteiger partial charge in [-0.3, -0.25) is 19.3 Å². The molecule has 0 spiro atoms. The van der Waals surface area contributed by atoms with E-state index in [1.807, 2.05) is 42.5 Å². The fraction of sp³-hybridized carbons (Fsp3) is 0.638. The average molecular weight is 905 g/mol. The fourth-order valence-corrected chi connectivity index (χ4v) is 10.9. The third kappa shape index (κ3) is 10.7. The number of pyridine rings is 1. The molecule has 7 atom stereocenters. The van der Waals surface area contributed by atoms with E-state index in [1.54, 1.807) is 6.92 Å². The number of carbonyl (C=O) groups excluding carboxylic acids is 4. The predicted octanol–water partition coefficient (Wildman–Crippen LogP) is 4.94. The van der Waals surface area contributed by atoms with Crippen LogP contribution in [0.4, 0.5) is 4.79 Å². The number of rotatable bonds is 15. The lowest BCUT2D eigenvalue weighted by molar-refractivity contribution is -0.139. The highest BCUT2D eigenvalue weighted by atomic mass is 32.2. The van der Waals surface area contributed by atoms with Crippen molar-refractivity contribution in [2.24, 2.45) is 23.5 Å². The van der Waals surface area contributed by atoms with Crippen LogP contribution in [0.2, 0.25) is 0 Å². The van der Waals surface area contributed by atoms with Crippen molar-refractivity contribution < 1.29 is 46.5 Å². The fourth-order valence-electron chi connectivity index (χ4n) is 9.26. The first-order chi connectivity index (χ1) is 30.8. The summed E-state index contributed by atoms with van der Waals surface area (Å²) in [5.74, 6) is -0.574. The van der Waals surface area contributed by atoms with Crippen LogP contribution in [0.15, 0.2) is 42.5 Å². The Morgan fingerprint density at radius 2 is 1.88 bits per heavy atom. The number of nitrogens with one attached hydrogen (secondary N) is 1. The van der Waals surface area contributed by atoms with Gasteiger partial charge < -0.3 is 34.9 Å². The van der Waals surface area contributed by atoms with Gasteiger partial charge in [0.25, 0.3) is 0 Å².